The van der Waals surface area contributed by atoms with Crippen molar-refractivity contribution in [2.24, 2.45) is 0 Å². The van der Waals surface area contributed by atoms with Crippen LogP contribution >= 0.6 is 35.4 Å². The van der Waals surface area contributed by atoms with E-state index in [1.807, 2.05) is 24.3 Å². The van der Waals surface area contributed by atoms with Crippen molar-refractivity contribution in [1.82, 2.24) is 15.1 Å². The van der Waals surface area contributed by atoms with E-state index < -0.39 is 0 Å². The second kappa shape index (κ2) is 7.47. The number of thiocarbonyl (C=S) groups is 1. The fourth-order valence-electron chi connectivity index (χ4n) is 1.65. The van der Waals surface area contributed by atoms with Crippen LogP contribution in [-0.4, -0.2) is 21.4 Å². The van der Waals surface area contributed by atoms with Gasteiger partial charge >= 0.3 is 0 Å². The van der Waals surface area contributed by atoms with E-state index >= 15 is 0 Å². The van der Waals surface area contributed by atoms with Crippen molar-refractivity contribution in [2.75, 3.05) is 11.9 Å². The van der Waals surface area contributed by atoms with Crippen LogP contribution in [0.2, 0.25) is 10.0 Å². The number of hydrogen-bond donors (Lipinski definition) is 2. The number of rotatable bonds is 5. The highest BCUT2D eigenvalue weighted by atomic mass is 35.5. The highest BCUT2D eigenvalue weighted by Gasteiger charge is 1.99. The van der Waals surface area contributed by atoms with Crippen LogP contribution in [0.25, 0.3) is 0 Å². The number of anilines is 1. The van der Waals surface area contributed by atoms with E-state index in [0.29, 0.717) is 15.2 Å². The third-order valence-corrected chi connectivity index (χ3v) is 3.21. The third kappa shape index (κ3) is 5.00. The second-order valence-electron chi connectivity index (χ2n) is 4.17. The molecule has 0 aliphatic heterocycles. The molecule has 0 amide bonds. The summed E-state index contributed by atoms with van der Waals surface area (Å²) in [7, 11) is 0. The van der Waals surface area contributed by atoms with E-state index in [9.17, 15) is 0 Å². The zero-order valence-electron chi connectivity index (χ0n) is 10.6. The van der Waals surface area contributed by atoms with Gasteiger partial charge in [0, 0.05) is 30.0 Å². The summed E-state index contributed by atoms with van der Waals surface area (Å²) >= 11 is 16.9. The van der Waals surface area contributed by atoms with Crippen molar-refractivity contribution >= 4 is 46.2 Å². The number of halogens is 2. The minimum Gasteiger partial charge on any atom is -0.362 e. The Morgan fingerprint density at radius 3 is 2.85 bits per heavy atom. The monoisotopic (exact) mass is 328 g/mol. The van der Waals surface area contributed by atoms with Crippen LogP contribution in [0.15, 0.2) is 36.7 Å². The molecule has 2 aromatic rings. The Hall–Kier alpha value is -1.30. The molecule has 1 aromatic heterocycles. The predicted molar refractivity (Wildman–Crippen MR) is 87.5 cm³/mol. The molecule has 2 N–H and O–H groups in total. The summed E-state index contributed by atoms with van der Waals surface area (Å²) in [6.45, 7) is 1.55. The number of hydrogen-bond acceptors (Lipinski definition) is 2. The molecule has 0 aliphatic rings. The Morgan fingerprint density at radius 2 is 2.15 bits per heavy atom. The molecule has 0 unspecified atom stereocenters. The summed E-state index contributed by atoms with van der Waals surface area (Å²) < 4.78 is 1.80. The lowest BCUT2D eigenvalue weighted by atomic mass is 10.3. The number of aromatic nitrogens is 2. The predicted octanol–water partition coefficient (Wildman–Crippen LogP) is 3.57. The molecule has 4 nitrogen and oxygen atoms in total. The van der Waals surface area contributed by atoms with Gasteiger partial charge in [0.05, 0.1) is 11.2 Å². The molecule has 106 valence electrons. The summed E-state index contributed by atoms with van der Waals surface area (Å²) in [6.07, 6.45) is 4.32. The van der Waals surface area contributed by atoms with Gasteiger partial charge in [-0.3, -0.25) is 4.68 Å². The van der Waals surface area contributed by atoms with Crippen LogP contribution in [0, 0.1) is 0 Å². The van der Waals surface area contributed by atoms with Crippen LogP contribution < -0.4 is 10.6 Å². The van der Waals surface area contributed by atoms with E-state index in [2.05, 4.69) is 15.7 Å². The van der Waals surface area contributed by atoms with Gasteiger partial charge in [-0.1, -0.05) is 29.3 Å². The molecule has 0 aliphatic carbocycles. The first-order chi connectivity index (χ1) is 9.63. The fourth-order valence-corrected chi connectivity index (χ4v) is 2.21. The first-order valence-electron chi connectivity index (χ1n) is 6.12. The van der Waals surface area contributed by atoms with Crippen molar-refractivity contribution < 1.29 is 0 Å². The van der Waals surface area contributed by atoms with Gasteiger partial charge < -0.3 is 10.6 Å². The Morgan fingerprint density at radius 1 is 1.30 bits per heavy atom. The lowest BCUT2D eigenvalue weighted by molar-refractivity contribution is 0.574. The summed E-state index contributed by atoms with van der Waals surface area (Å²) in [5, 5.41) is 12.2. The average molecular weight is 329 g/mol. The van der Waals surface area contributed by atoms with Gasteiger partial charge in [-0.25, -0.2) is 0 Å². The number of aryl methyl sites for hydroxylation is 1. The fraction of sp³-hybridized carbons (Fsp3) is 0.231. The zero-order chi connectivity index (χ0) is 14.4. The van der Waals surface area contributed by atoms with Gasteiger partial charge in [0.15, 0.2) is 5.11 Å². The normalized spacial score (nSPS) is 10.3. The molecule has 0 radical (unpaired) electrons. The molecule has 7 heteroatoms. The molecule has 20 heavy (non-hydrogen) atoms. The highest BCUT2D eigenvalue weighted by molar-refractivity contribution is 7.80. The molecule has 1 aromatic carbocycles. The van der Waals surface area contributed by atoms with Gasteiger partial charge in [-0.15, -0.1) is 0 Å². The minimum atomic E-state index is 0.575. The van der Waals surface area contributed by atoms with Crippen LogP contribution in [0.1, 0.15) is 6.42 Å². The van der Waals surface area contributed by atoms with Gasteiger partial charge in [-0.2, -0.15) is 5.10 Å². The zero-order valence-corrected chi connectivity index (χ0v) is 13.0. The van der Waals surface area contributed by atoms with Gasteiger partial charge in [0.2, 0.25) is 0 Å². The number of nitrogens with zero attached hydrogens (tertiary/aromatic N) is 2. The molecule has 0 atom stereocenters. The Kier molecular flexibility index (Phi) is 5.64. The van der Waals surface area contributed by atoms with Crippen molar-refractivity contribution in [1.29, 1.82) is 0 Å². The van der Waals surface area contributed by atoms with Crippen molar-refractivity contribution in [3.05, 3.63) is 46.7 Å². The van der Waals surface area contributed by atoms with E-state index in [4.69, 9.17) is 35.4 Å². The standard InChI is InChI=1S/C13H14Cl2N4S/c14-10-3-1-4-12(7-10)18-13(20)16-5-2-6-19-9-11(15)8-17-19/h1,3-4,7-9H,2,5-6H2,(H2,16,18,20). The summed E-state index contributed by atoms with van der Waals surface area (Å²) in [5.41, 5.74) is 0.869. The van der Waals surface area contributed by atoms with E-state index in [0.717, 1.165) is 25.2 Å². The van der Waals surface area contributed by atoms with Crippen molar-refractivity contribution in [3.8, 4) is 0 Å². The quantitative estimate of drug-likeness (QED) is 0.650. The van der Waals surface area contributed by atoms with E-state index in [1.165, 1.54) is 0 Å². The van der Waals surface area contributed by atoms with E-state index in [1.54, 1.807) is 17.1 Å². The molecule has 1 heterocycles. The maximum Gasteiger partial charge on any atom is 0.170 e. The van der Waals surface area contributed by atoms with Gasteiger partial charge in [0.25, 0.3) is 0 Å². The van der Waals surface area contributed by atoms with Crippen molar-refractivity contribution in [2.45, 2.75) is 13.0 Å². The van der Waals surface area contributed by atoms with Crippen LogP contribution in [0.3, 0.4) is 0 Å². The van der Waals surface area contributed by atoms with E-state index in [-0.39, 0.29) is 0 Å². The first kappa shape index (κ1) is 15.1. The molecule has 0 bridgehead atoms. The van der Waals surface area contributed by atoms with Gasteiger partial charge in [-0.05, 0) is 36.8 Å². The topological polar surface area (TPSA) is 41.9 Å². The Balaban J connectivity index is 1.67. The molecular weight excluding hydrogens is 315 g/mol. The van der Waals surface area contributed by atoms with Crippen LogP contribution in [0.4, 0.5) is 5.69 Å². The van der Waals surface area contributed by atoms with Crippen LogP contribution in [0.5, 0.6) is 0 Å². The number of benzene rings is 1. The molecule has 0 spiro atoms. The summed E-state index contributed by atoms with van der Waals surface area (Å²) in [5.74, 6) is 0. The molecule has 2 rings (SSSR count). The summed E-state index contributed by atoms with van der Waals surface area (Å²) in [4.78, 5) is 0. The maximum atomic E-state index is 5.90. The number of nitrogens with one attached hydrogen (secondary N) is 2. The maximum absolute atomic E-state index is 5.90. The van der Waals surface area contributed by atoms with Gasteiger partial charge in [0.1, 0.15) is 0 Å². The third-order valence-electron chi connectivity index (χ3n) is 2.53. The lowest BCUT2D eigenvalue weighted by Crippen LogP contribution is -2.29. The van der Waals surface area contributed by atoms with Crippen molar-refractivity contribution in [3.63, 3.8) is 0 Å². The Bertz CT molecular complexity index is 585. The lowest BCUT2D eigenvalue weighted by Gasteiger charge is -2.10. The molecule has 0 saturated heterocycles. The van der Waals surface area contributed by atoms with Crippen LogP contribution in [-0.2, 0) is 6.54 Å². The SMILES string of the molecule is S=C(NCCCn1cc(Cl)cn1)Nc1cccc(Cl)c1. The second-order valence-corrected chi connectivity index (χ2v) is 5.45. The summed E-state index contributed by atoms with van der Waals surface area (Å²) in [6, 6.07) is 7.42. The molecule has 0 saturated carbocycles. The highest BCUT2D eigenvalue weighted by Crippen LogP contribution is 2.14. The smallest absolute Gasteiger partial charge is 0.170 e. The Labute approximate surface area is 133 Å². The average Bonchev–Trinajstić information content (AvgIpc) is 2.80. The first-order valence-corrected chi connectivity index (χ1v) is 7.28. The largest absolute Gasteiger partial charge is 0.362 e. The molecular formula is C13H14Cl2N4S. The minimum absolute atomic E-state index is 0.575. The molecule has 0 fully saturated rings.